The number of rotatable bonds is 6. The van der Waals surface area contributed by atoms with Crippen molar-refractivity contribution in [2.75, 3.05) is 5.75 Å². The molecular formula is C24H24ClN3O2S2. The predicted octanol–water partition coefficient (Wildman–Crippen LogP) is 6.89. The second-order valence-corrected chi connectivity index (χ2v) is 9.95. The van der Waals surface area contributed by atoms with E-state index in [2.05, 4.69) is 12.1 Å². The Bertz CT molecular complexity index is 1120. The van der Waals surface area contributed by atoms with Crippen molar-refractivity contribution < 1.29 is 9.32 Å². The highest BCUT2D eigenvalue weighted by Gasteiger charge is 2.35. The van der Waals surface area contributed by atoms with Crippen LogP contribution in [0.1, 0.15) is 40.7 Å². The molecule has 1 aliphatic heterocycles. The molecule has 0 N–H and O–H groups in total. The molecule has 0 spiro atoms. The fourth-order valence-electron chi connectivity index (χ4n) is 3.49. The second-order valence-electron chi connectivity index (χ2n) is 7.51. The first-order valence-corrected chi connectivity index (χ1v) is 12.8. The molecule has 0 radical (unpaired) electrons. The molecule has 5 nitrogen and oxygen atoms in total. The maximum atomic E-state index is 13.8. The Morgan fingerprint density at radius 3 is 2.69 bits per heavy atom. The van der Waals surface area contributed by atoms with Gasteiger partial charge in [-0.25, -0.2) is 4.99 Å². The van der Waals surface area contributed by atoms with Gasteiger partial charge in [0.25, 0.3) is 5.91 Å². The first-order chi connectivity index (χ1) is 15.5. The Morgan fingerprint density at radius 1 is 1.25 bits per heavy atom. The number of amidine groups is 1. The summed E-state index contributed by atoms with van der Waals surface area (Å²) in [6, 6.07) is 15.2. The summed E-state index contributed by atoms with van der Waals surface area (Å²) in [6.07, 6.45) is 0.868. The zero-order valence-corrected chi connectivity index (χ0v) is 20.6. The monoisotopic (exact) mass is 485 g/mol. The fourth-order valence-corrected chi connectivity index (χ4v) is 6.08. The van der Waals surface area contributed by atoms with Crippen LogP contribution in [0.15, 0.2) is 62.9 Å². The van der Waals surface area contributed by atoms with Gasteiger partial charge in [-0.15, -0.1) is 11.8 Å². The summed E-state index contributed by atoms with van der Waals surface area (Å²) in [5, 5.41) is 5.43. The lowest BCUT2D eigenvalue weighted by Gasteiger charge is -2.24. The summed E-state index contributed by atoms with van der Waals surface area (Å²) in [4.78, 5) is 21.3. The first kappa shape index (κ1) is 23.0. The van der Waals surface area contributed by atoms with E-state index in [0.29, 0.717) is 16.3 Å². The number of hydrogen-bond acceptors (Lipinski definition) is 6. The summed E-state index contributed by atoms with van der Waals surface area (Å²) in [5.74, 6) is 2.33. The van der Waals surface area contributed by atoms with Crippen molar-refractivity contribution >= 4 is 51.9 Å². The Hall–Kier alpha value is -2.22. The number of carbonyl (C=O) groups excluding carboxylic acids is 1. The summed E-state index contributed by atoms with van der Waals surface area (Å²) < 4.78 is 5.28. The molecule has 1 atom stereocenters. The average Bonchev–Trinajstić information content (AvgIpc) is 3.35. The highest BCUT2D eigenvalue weighted by atomic mass is 35.5. The van der Waals surface area contributed by atoms with Gasteiger partial charge in [0.15, 0.2) is 5.17 Å². The van der Waals surface area contributed by atoms with E-state index in [-0.39, 0.29) is 11.9 Å². The van der Waals surface area contributed by atoms with E-state index >= 15 is 0 Å². The molecule has 1 saturated heterocycles. The van der Waals surface area contributed by atoms with Crippen molar-refractivity contribution in [3.05, 3.63) is 76.1 Å². The number of thioether (sulfide) groups is 2. The minimum absolute atomic E-state index is 0.0172. The predicted molar refractivity (Wildman–Crippen MR) is 133 cm³/mol. The van der Waals surface area contributed by atoms with Crippen LogP contribution in [0, 0.1) is 13.8 Å². The third kappa shape index (κ3) is 4.90. The van der Waals surface area contributed by atoms with Gasteiger partial charge in [0.2, 0.25) is 0 Å². The number of aryl methyl sites for hydroxylation is 2. The molecule has 2 heterocycles. The smallest absolute Gasteiger partial charge is 0.261 e. The van der Waals surface area contributed by atoms with Crippen molar-refractivity contribution in [2.45, 2.75) is 43.9 Å². The second kappa shape index (κ2) is 10.1. The van der Waals surface area contributed by atoms with Crippen molar-refractivity contribution in [1.29, 1.82) is 0 Å². The van der Waals surface area contributed by atoms with Crippen LogP contribution >= 0.6 is 35.1 Å². The molecule has 0 bridgehead atoms. The first-order valence-electron chi connectivity index (χ1n) is 10.4. The fraction of sp³-hybridized carbons (Fsp3) is 0.292. The van der Waals surface area contributed by atoms with Gasteiger partial charge in [-0.2, -0.15) is 0 Å². The van der Waals surface area contributed by atoms with Gasteiger partial charge in [-0.3, -0.25) is 9.69 Å². The van der Waals surface area contributed by atoms with Crippen molar-refractivity contribution in [2.24, 2.45) is 4.99 Å². The van der Waals surface area contributed by atoms with E-state index in [0.717, 1.165) is 44.9 Å². The van der Waals surface area contributed by atoms with Gasteiger partial charge in [0, 0.05) is 33.0 Å². The zero-order chi connectivity index (χ0) is 22.7. The number of aromatic nitrogens is 1. The van der Waals surface area contributed by atoms with Crippen LogP contribution in [-0.2, 0) is 5.75 Å². The number of hydrogen-bond donors (Lipinski definition) is 0. The molecule has 1 amide bonds. The Kier molecular flexibility index (Phi) is 7.28. The molecule has 0 aliphatic carbocycles. The van der Waals surface area contributed by atoms with E-state index in [1.807, 2.05) is 67.3 Å². The number of benzene rings is 2. The highest BCUT2D eigenvalue weighted by Crippen LogP contribution is 2.34. The van der Waals surface area contributed by atoms with E-state index in [1.54, 1.807) is 23.5 Å². The van der Waals surface area contributed by atoms with Crippen LogP contribution in [0.5, 0.6) is 0 Å². The quantitative estimate of drug-likeness (QED) is 0.355. The third-order valence-electron chi connectivity index (χ3n) is 5.39. The van der Waals surface area contributed by atoms with Crippen LogP contribution in [0.25, 0.3) is 0 Å². The zero-order valence-electron chi connectivity index (χ0n) is 18.2. The molecule has 3 aromatic rings. The lowest BCUT2D eigenvalue weighted by Crippen LogP contribution is -2.39. The van der Waals surface area contributed by atoms with Crippen LogP contribution in [0.2, 0.25) is 5.02 Å². The molecule has 1 aliphatic rings. The van der Waals surface area contributed by atoms with E-state index in [9.17, 15) is 4.79 Å². The van der Waals surface area contributed by atoms with Crippen LogP contribution in [-0.4, -0.2) is 32.9 Å². The SMILES string of the molecule is CC[C@@H]1CSC(=Nc2ccc(Cl)cc2)N1C(=O)c1ccccc1SCc1c(C)noc1C. The van der Waals surface area contributed by atoms with E-state index in [1.165, 1.54) is 0 Å². The molecule has 0 unspecified atom stereocenters. The molecule has 2 aromatic carbocycles. The molecule has 32 heavy (non-hydrogen) atoms. The van der Waals surface area contributed by atoms with Gasteiger partial charge in [0.05, 0.1) is 16.9 Å². The lowest BCUT2D eigenvalue weighted by molar-refractivity contribution is 0.0816. The Morgan fingerprint density at radius 2 is 2.00 bits per heavy atom. The topological polar surface area (TPSA) is 58.7 Å². The summed E-state index contributed by atoms with van der Waals surface area (Å²) >= 11 is 9.25. The number of aliphatic imine (C=N–C) groups is 1. The highest BCUT2D eigenvalue weighted by molar-refractivity contribution is 8.14. The standard InChI is InChI=1S/C24H24ClN3O2S2/c1-4-19-13-32-24(26-18-11-9-17(25)10-12-18)28(19)23(29)20-7-5-6-8-22(20)31-14-21-15(2)27-30-16(21)3/h5-12,19H,4,13-14H2,1-3H3/t19-/m1/s1. The van der Waals surface area contributed by atoms with Crippen LogP contribution in [0.4, 0.5) is 5.69 Å². The molecule has 1 fully saturated rings. The molecule has 166 valence electrons. The average molecular weight is 486 g/mol. The number of nitrogens with zero attached hydrogens (tertiary/aromatic N) is 3. The van der Waals surface area contributed by atoms with Crippen molar-refractivity contribution in [3.8, 4) is 0 Å². The Balaban J connectivity index is 1.62. The van der Waals surface area contributed by atoms with Gasteiger partial charge in [-0.05, 0) is 56.7 Å². The molecule has 4 rings (SSSR count). The van der Waals surface area contributed by atoms with Crippen LogP contribution in [0.3, 0.4) is 0 Å². The van der Waals surface area contributed by atoms with E-state index < -0.39 is 0 Å². The number of halogens is 1. The van der Waals surface area contributed by atoms with Gasteiger partial charge in [0.1, 0.15) is 5.76 Å². The number of amides is 1. The van der Waals surface area contributed by atoms with Crippen molar-refractivity contribution in [3.63, 3.8) is 0 Å². The maximum Gasteiger partial charge on any atom is 0.261 e. The molecule has 1 aromatic heterocycles. The van der Waals surface area contributed by atoms with Gasteiger partial charge < -0.3 is 4.52 Å². The van der Waals surface area contributed by atoms with Crippen LogP contribution < -0.4 is 0 Å². The largest absolute Gasteiger partial charge is 0.361 e. The van der Waals surface area contributed by atoms with E-state index in [4.69, 9.17) is 21.1 Å². The van der Waals surface area contributed by atoms with Crippen molar-refractivity contribution in [1.82, 2.24) is 10.1 Å². The summed E-state index contributed by atoms with van der Waals surface area (Å²) in [5.41, 5.74) is 3.44. The molecule has 0 saturated carbocycles. The minimum Gasteiger partial charge on any atom is -0.361 e. The maximum absolute atomic E-state index is 13.8. The normalized spacial score (nSPS) is 17.3. The number of carbonyl (C=O) groups is 1. The molecular weight excluding hydrogens is 462 g/mol. The summed E-state index contributed by atoms with van der Waals surface area (Å²) in [6.45, 7) is 5.96. The third-order valence-corrected chi connectivity index (χ3v) is 7.84. The van der Waals surface area contributed by atoms with Gasteiger partial charge in [-0.1, -0.05) is 47.6 Å². The Labute approximate surface area is 201 Å². The molecule has 8 heteroatoms. The summed E-state index contributed by atoms with van der Waals surface area (Å²) in [7, 11) is 0. The minimum atomic E-state index is -0.0172. The lowest BCUT2D eigenvalue weighted by atomic mass is 10.1. The van der Waals surface area contributed by atoms with Gasteiger partial charge >= 0.3 is 0 Å².